The summed E-state index contributed by atoms with van der Waals surface area (Å²) in [6.45, 7) is 2.60. The van der Waals surface area contributed by atoms with Gasteiger partial charge in [-0.3, -0.25) is 14.6 Å². The fourth-order valence-electron chi connectivity index (χ4n) is 5.00. The van der Waals surface area contributed by atoms with Crippen molar-refractivity contribution in [1.82, 2.24) is 4.90 Å². The summed E-state index contributed by atoms with van der Waals surface area (Å²) in [5.41, 5.74) is 0.538. The summed E-state index contributed by atoms with van der Waals surface area (Å²) < 4.78 is 0. The maximum absolute atomic E-state index is 13.4. The minimum Gasteiger partial charge on any atom is -0.387 e. The number of amides is 3. The van der Waals surface area contributed by atoms with Crippen LogP contribution in [-0.4, -0.2) is 34.5 Å². The van der Waals surface area contributed by atoms with E-state index in [1.165, 1.54) is 41.9 Å². The van der Waals surface area contributed by atoms with E-state index in [1.807, 2.05) is 35.2 Å². The van der Waals surface area contributed by atoms with E-state index in [1.54, 1.807) is 12.1 Å². The Bertz CT molecular complexity index is 907. The van der Waals surface area contributed by atoms with Crippen LogP contribution in [0.15, 0.2) is 42.5 Å². The van der Waals surface area contributed by atoms with Gasteiger partial charge in [0.15, 0.2) is 0 Å². The molecule has 2 fully saturated rings. The monoisotopic (exact) mass is 454 g/mol. The van der Waals surface area contributed by atoms with Crippen molar-refractivity contribution in [1.29, 1.82) is 0 Å². The minimum atomic E-state index is -0.459. The lowest BCUT2D eigenvalue weighted by Crippen LogP contribution is -2.36. The Morgan fingerprint density at radius 2 is 1.84 bits per heavy atom. The molecule has 1 N–H and O–H groups in total. The van der Waals surface area contributed by atoms with Gasteiger partial charge in [0, 0.05) is 10.4 Å². The summed E-state index contributed by atoms with van der Waals surface area (Å²) in [5.74, 6) is 0.0798. The number of unbranched alkanes of at least 4 members (excludes halogenated alkanes) is 3. The highest BCUT2D eigenvalue weighted by Gasteiger charge is 2.42. The van der Waals surface area contributed by atoms with Crippen molar-refractivity contribution in [3.63, 3.8) is 0 Å². The number of aliphatic hydroxyl groups excluding tert-OH is 1. The molecule has 1 aromatic heterocycles. The van der Waals surface area contributed by atoms with Gasteiger partial charge < -0.3 is 5.11 Å². The summed E-state index contributed by atoms with van der Waals surface area (Å²) in [6.07, 6.45) is 9.44. The number of nitrogens with zero attached hydrogens (tertiary/aromatic N) is 2. The first kappa shape index (κ1) is 23.0. The van der Waals surface area contributed by atoms with Gasteiger partial charge in [-0.1, -0.05) is 63.6 Å². The Morgan fingerprint density at radius 1 is 1.09 bits per heavy atom. The lowest BCUT2D eigenvalue weighted by atomic mass is 10.00. The van der Waals surface area contributed by atoms with Crippen LogP contribution in [0, 0.1) is 5.92 Å². The van der Waals surface area contributed by atoms with Gasteiger partial charge in [-0.2, -0.15) is 0 Å². The number of hydrogen-bond donors (Lipinski definition) is 1. The number of carbonyl (C=O) groups is 2. The number of hydrogen-bond acceptors (Lipinski definition) is 4. The van der Waals surface area contributed by atoms with Crippen LogP contribution in [0.5, 0.6) is 0 Å². The molecule has 4 rings (SSSR count). The minimum absolute atomic E-state index is 0.0258. The number of thiophene rings is 1. The molecule has 6 heteroatoms. The first-order chi connectivity index (χ1) is 15.6. The molecule has 172 valence electrons. The molecule has 32 heavy (non-hydrogen) atoms. The van der Waals surface area contributed by atoms with E-state index in [4.69, 9.17) is 0 Å². The molecule has 1 aliphatic carbocycles. The molecule has 2 atom stereocenters. The van der Waals surface area contributed by atoms with Gasteiger partial charge in [-0.15, -0.1) is 11.3 Å². The summed E-state index contributed by atoms with van der Waals surface area (Å²) in [4.78, 5) is 30.6. The van der Waals surface area contributed by atoms with Gasteiger partial charge in [0.2, 0.25) is 0 Å². The van der Waals surface area contributed by atoms with Crippen molar-refractivity contribution < 1.29 is 14.7 Å². The van der Waals surface area contributed by atoms with Crippen LogP contribution in [0.25, 0.3) is 0 Å². The first-order valence-corrected chi connectivity index (χ1v) is 12.9. The highest BCUT2D eigenvalue weighted by molar-refractivity contribution is 7.16. The molecule has 0 bridgehead atoms. The molecule has 3 amide bonds. The molecule has 1 aromatic carbocycles. The second-order valence-corrected chi connectivity index (χ2v) is 10.2. The molecule has 5 nitrogen and oxygen atoms in total. The molecule has 2 aliphatic rings. The third-order valence-corrected chi connectivity index (χ3v) is 8.00. The average molecular weight is 455 g/mol. The van der Waals surface area contributed by atoms with Gasteiger partial charge in [0.1, 0.15) is 0 Å². The van der Waals surface area contributed by atoms with Crippen molar-refractivity contribution in [2.45, 2.75) is 76.9 Å². The highest BCUT2D eigenvalue weighted by Crippen LogP contribution is 2.41. The molecule has 1 saturated heterocycles. The predicted molar refractivity (Wildman–Crippen MR) is 129 cm³/mol. The van der Waals surface area contributed by atoms with E-state index in [0.717, 1.165) is 42.0 Å². The zero-order valence-corrected chi connectivity index (χ0v) is 19.7. The average Bonchev–Trinajstić information content (AvgIpc) is 3.57. The number of carbonyl (C=O) groups excluding carboxylic acids is 2. The van der Waals surface area contributed by atoms with E-state index < -0.39 is 6.10 Å². The van der Waals surface area contributed by atoms with Crippen molar-refractivity contribution in [3.8, 4) is 0 Å². The summed E-state index contributed by atoms with van der Waals surface area (Å²) in [7, 11) is 0. The smallest absolute Gasteiger partial charge is 0.332 e. The normalized spacial score (nSPS) is 20.3. The topological polar surface area (TPSA) is 60.9 Å². The Balaban J connectivity index is 1.54. The molecule has 0 spiro atoms. The fourth-order valence-corrected chi connectivity index (χ4v) is 6.15. The second-order valence-electron chi connectivity index (χ2n) is 9.10. The molecule has 1 saturated carbocycles. The summed E-state index contributed by atoms with van der Waals surface area (Å²) in [6, 6.07) is 12.7. The van der Waals surface area contributed by atoms with Gasteiger partial charge in [-0.05, 0) is 49.4 Å². The first-order valence-electron chi connectivity index (χ1n) is 12.1. The maximum Gasteiger partial charge on any atom is 0.332 e. The third-order valence-electron chi connectivity index (χ3n) is 6.84. The summed E-state index contributed by atoms with van der Waals surface area (Å²) >= 11 is 1.50. The van der Waals surface area contributed by atoms with Gasteiger partial charge in [0.25, 0.3) is 5.91 Å². The van der Waals surface area contributed by atoms with Crippen LogP contribution in [0.1, 0.15) is 86.1 Å². The third kappa shape index (κ3) is 4.91. The lowest BCUT2D eigenvalue weighted by Gasteiger charge is -2.22. The second kappa shape index (κ2) is 10.6. The number of aliphatic hydroxyl groups is 1. The number of rotatable bonds is 9. The SMILES string of the molecule is CCCCCC[C@H]1CN(C(=O)c2ccccc2)C(=O)N1c1ccc(C(O)C2CCCC2)s1. The molecule has 2 heterocycles. The van der Waals surface area contributed by atoms with Crippen molar-refractivity contribution in [2.24, 2.45) is 5.92 Å². The van der Waals surface area contributed by atoms with Gasteiger partial charge >= 0.3 is 6.03 Å². The Morgan fingerprint density at radius 3 is 2.56 bits per heavy atom. The lowest BCUT2D eigenvalue weighted by molar-refractivity contribution is 0.0825. The summed E-state index contributed by atoms with van der Waals surface area (Å²) in [5, 5.41) is 11.7. The number of urea groups is 1. The maximum atomic E-state index is 13.4. The quantitative estimate of drug-likeness (QED) is 0.446. The molecule has 0 radical (unpaired) electrons. The Kier molecular flexibility index (Phi) is 7.63. The highest BCUT2D eigenvalue weighted by atomic mass is 32.1. The molecular weight excluding hydrogens is 420 g/mol. The Labute approximate surface area is 195 Å². The van der Waals surface area contributed by atoms with Gasteiger partial charge in [-0.25, -0.2) is 4.79 Å². The van der Waals surface area contributed by atoms with Crippen LogP contribution in [0.2, 0.25) is 0 Å². The van der Waals surface area contributed by atoms with E-state index in [0.29, 0.717) is 18.0 Å². The van der Waals surface area contributed by atoms with Gasteiger partial charge in [0.05, 0.1) is 23.7 Å². The number of benzene rings is 1. The van der Waals surface area contributed by atoms with E-state index in [-0.39, 0.29) is 18.0 Å². The molecule has 1 aliphatic heterocycles. The van der Waals surface area contributed by atoms with Crippen LogP contribution < -0.4 is 4.90 Å². The van der Waals surface area contributed by atoms with Crippen molar-refractivity contribution >= 4 is 28.3 Å². The largest absolute Gasteiger partial charge is 0.387 e. The Hall–Kier alpha value is -2.18. The predicted octanol–water partition coefficient (Wildman–Crippen LogP) is 6.39. The molecular formula is C26H34N2O3S. The molecule has 2 aromatic rings. The standard InChI is InChI=1S/C26H34N2O3S/c1-2-3-4-8-15-21-18-27(25(30)20-13-6-5-7-14-20)26(31)28(21)23-17-16-22(32-23)24(29)19-11-9-10-12-19/h5-7,13-14,16-17,19,21,24,29H,2-4,8-12,15,18H2,1H3/t21-,24?/m0/s1. The number of imide groups is 1. The zero-order valence-electron chi connectivity index (χ0n) is 18.9. The van der Waals surface area contributed by atoms with Crippen molar-refractivity contribution in [2.75, 3.05) is 11.4 Å². The van der Waals surface area contributed by atoms with E-state index >= 15 is 0 Å². The zero-order chi connectivity index (χ0) is 22.5. The van der Waals surface area contributed by atoms with E-state index in [9.17, 15) is 14.7 Å². The van der Waals surface area contributed by atoms with Crippen LogP contribution in [-0.2, 0) is 0 Å². The van der Waals surface area contributed by atoms with Crippen LogP contribution in [0.4, 0.5) is 9.80 Å². The van der Waals surface area contributed by atoms with Crippen LogP contribution >= 0.6 is 11.3 Å². The van der Waals surface area contributed by atoms with Crippen molar-refractivity contribution in [3.05, 3.63) is 52.9 Å². The number of anilines is 1. The van der Waals surface area contributed by atoms with Crippen LogP contribution in [0.3, 0.4) is 0 Å². The molecule has 1 unspecified atom stereocenters. The van der Waals surface area contributed by atoms with E-state index in [2.05, 4.69) is 6.92 Å². The fraction of sp³-hybridized carbons (Fsp3) is 0.538.